The number of hydrogen-bond donors (Lipinski definition) is 1. The second-order valence-electron chi connectivity index (χ2n) is 3.38. The van der Waals surface area contributed by atoms with Crippen LogP contribution in [-0.2, 0) is 0 Å². The summed E-state index contributed by atoms with van der Waals surface area (Å²) >= 11 is 2.20. The molecule has 0 bridgehead atoms. The fraction of sp³-hybridized carbons (Fsp3) is 0.556. The molecule has 1 aromatic heterocycles. The Hall–Kier alpha value is -0.390. The molecule has 0 aliphatic heterocycles. The Bertz CT molecular complexity index is 269. The van der Waals surface area contributed by atoms with E-state index in [-0.39, 0.29) is 0 Å². The van der Waals surface area contributed by atoms with E-state index < -0.39 is 0 Å². The van der Waals surface area contributed by atoms with Crippen molar-refractivity contribution in [3.63, 3.8) is 0 Å². The van der Waals surface area contributed by atoms with E-state index in [0.29, 0.717) is 0 Å². The van der Waals surface area contributed by atoms with E-state index in [2.05, 4.69) is 37.9 Å². The first-order valence-electron chi connectivity index (χ1n) is 4.56. The van der Waals surface area contributed by atoms with Crippen molar-refractivity contribution in [1.29, 1.82) is 0 Å². The normalized spacial score (nSPS) is 15.8. The molecule has 0 amide bonds. The largest absolute Gasteiger partial charge is 0.354 e. The van der Waals surface area contributed by atoms with Crippen molar-refractivity contribution in [3.8, 4) is 0 Å². The Kier molecular flexibility index (Phi) is 2.97. The molecule has 1 fully saturated rings. The average molecular weight is 289 g/mol. The Labute approximate surface area is 91.5 Å². The van der Waals surface area contributed by atoms with Gasteiger partial charge in [0.2, 0.25) is 5.95 Å². The summed E-state index contributed by atoms with van der Waals surface area (Å²) in [4.78, 5) is 8.33. The van der Waals surface area contributed by atoms with E-state index >= 15 is 0 Å². The van der Waals surface area contributed by atoms with Crippen LogP contribution in [0.4, 0.5) is 5.95 Å². The van der Waals surface area contributed by atoms with Gasteiger partial charge in [0.25, 0.3) is 0 Å². The molecule has 70 valence electrons. The van der Waals surface area contributed by atoms with E-state index in [0.717, 1.165) is 22.0 Å². The van der Waals surface area contributed by atoms with Crippen LogP contribution in [-0.4, -0.2) is 16.5 Å². The van der Waals surface area contributed by atoms with Crippen molar-refractivity contribution in [2.24, 2.45) is 5.92 Å². The van der Waals surface area contributed by atoms with Gasteiger partial charge in [-0.25, -0.2) is 9.97 Å². The van der Waals surface area contributed by atoms with Gasteiger partial charge >= 0.3 is 0 Å². The lowest BCUT2D eigenvalue weighted by molar-refractivity contribution is 0.755. The number of halogens is 1. The Morgan fingerprint density at radius 2 is 2.08 bits per heavy atom. The molecule has 0 radical (unpaired) electrons. The summed E-state index contributed by atoms with van der Waals surface area (Å²) in [6.07, 6.45) is 7.74. The van der Waals surface area contributed by atoms with Crippen molar-refractivity contribution in [2.45, 2.75) is 19.3 Å². The lowest BCUT2D eigenvalue weighted by Crippen LogP contribution is -2.05. The van der Waals surface area contributed by atoms with Crippen LogP contribution in [0.1, 0.15) is 19.3 Å². The molecule has 0 unspecified atom stereocenters. The van der Waals surface area contributed by atoms with Crippen LogP contribution in [0.25, 0.3) is 0 Å². The summed E-state index contributed by atoms with van der Waals surface area (Å²) in [5, 5.41) is 3.22. The molecule has 0 atom stereocenters. The van der Waals surface area contributed by atoms with Crippen LogP contribution in [0.2, 0.25) is 0 Å². The zero-order chi connectivity index (χ0) is 9.10. The third kappa shape index (κ3) is 3.10. The minimum Gasteiger partial charge on any atom is -0.354 e. The topological polar surface area (TPSA) is 37.8 Å². The molecule has 1 aromatic rings. The highest BCUT2D eigenvalue weighted by Crippen LogP contribution is 2.31. The van der Waals surface area contributed by atoms with Gasteiger partial charge in [-0.15, -0.1) is 0 Å². The highest BCUT2D eigenvalue weighted by atomic mass is 127. The van der Waals surface area contributed by atoms with Crippen molar-refractivity contribution >= 4 is 28.5 Å². The maximum absolute atomic E-state index is 4.17. The number of nitrogens with one attached hydrogen (secondary N) is 1. The van der Waals surface area contributed by atoms with Gasteiger partial charge in [-0.05, 0) is 34.9 Å². The summed E-state index contributed by atoms with van der Waals surface area (Å²) in [7, 11) is 0. The van der Waals surface area contributed by atoms with Crippen LogP contribution in [0.3, 0.4) is 0 Å². The molecule has 3 nitrogen and oxygen atoms in total. The van der Waals surface area contributed by atoms with Gasteiger partial charge in [-0.1, -0.05) is 12.8 Å². The zero-order valence-electron chi connectivity index (χ0n) is 7.33. The summed E-state index contributed by atoms with van der Waals surface area (Å²) in [5.41, 5.74) is 0. The van der Waals surface area contributed by atoms with Gasteiger partial charge in [0, 0.05) is 22.5 Å². The summed E-state index contributed by atoms with van der Waals surface area (Å²) in [6, 6.07) is 0. The highest BCUT2D eigenvalue weighted by Gasteiger charge is 2.20. The van der Waals surface area contributed by atoms with Gasteiger partial charge < -0.3 is 5.32 Å². The predicted octanol–water partition coefficient (Wildman–Crippen LogP) is 2.29. The van der Waals surface area contributed by atoms with Gasteiger partial charge in [0.1, 0.15) is 0 Å². The van der Waals surface area contributed by atoms with Crippen molar-refractivity contribution in [1.82, 2.24) is 9.97 Å². The first-order valence-corrected chi connectivity index (χ1v) is 5.64. The molecule has 1 aliphatic rings. The predicted molar refractivity (Wildman–Crippen MR) is 60.6 cm³/mol. The first kappa shape index (κ1) is 9.18. The van der Waals surface area contributed by atoms with Crippen LogP contribution >= 0.6 is 22.6 Å². The van der Waals surface area contributed by atoms with Crippen LogP contribution < -0.4 is 5.32 Å². The van der Waals surface area contributed by atoms with Gasteiger partial charge in [-0.3, -0.25) is 0 Å². The molecular weight excluding hydrogens is 277 g/mol. The van der Waals surface area contributed by atoms with Crippen LogP contribution in [0, 0.1) is 9.49 Å². The minimum atomic E-state index is 0.751. The quantitative estimate of drug-likeness (QED) is 0.864. The second-order valence-corrected chi connectivity index (χ2v) is 4.63. The molecule has 1 N–H and O–H groups in total. The number of hydrogen-bond acceptors (Lipinski definition) is 3. The fourth-order valence-electron chi connectivity index (χ4n) is 1.20. The number of aromatic nitrogens is 2. The van der Waals surface area contributed by atoms with Crippen molar-refractivity contribution in [2.75, 3.05) is 11.9 Å². The molecule has 1 saturated carbocycles. The van der Waals surface area contributed by atoms with Crippen molar-refractivity contribution in [3.05, 3.63) is 16.0 Å². The average Bonchev–Trinajstić information content (AvgIpc) is 2.92. The highest BCUT2D eigenvalue weighted by molar-refractivity contribution is 14.1. The second kappa shape index (κ2) is 4.21. The fourth-order valence-corrected chi connectivity index (χ4v) is 1.48. The molecular formula is C9H12IN3. The van der Waals surface area contributed by atoms with E-state index in [9.17, 15) is 0 Å². The lowest BCUT2D eigenvalue weighted by atomic mass is 10.3. The number of nitrogens with zero attached hydrogens (tertiary/aromatic N) is 2. The zero-order valence-corrected chi connectivity index (χ0v) is 9.49. The van der Waals surface area contributed by atoms with Gasteiger partial charge in [-0.2, -0.15) is 0 Å². The Balaban J connectivity index is 1.76. The molecule has 0 spiro atoms. The minimum absolute atomic E-state index is 0.751. The molecule has 0 aromatic carbocycles. The van der Waals surface area contributed by atoms with Crippen LogP contribution in [0.15, 0.2) is 12.4 Å². The summed E-state index contributed by atoms with van der Waals surface area (Å²) < 4.78 is 1.07. The van der Waals surface area contributed by atoms with Crippen molar-refractivity contribution < 1.29 is 0 Å². The van der Waals surface area contributed by atoms with E-state index in [1.165, 1.54) is 19.3 Å². The van der Waals surface area contributed by atoms with E-state index in [4.69, 9.17) is 0 Å². The number of anilines is 1. The SMILES string of the molecule is Ic1cnc(NCCC2CC2)nc1. The molecule has 4 heteroatoms. The molecule has 13 heavy (non-hydrogen) atoms. The van der Waals surface area contributed by atoms with Crippen LogP contribution in [0.5, 0.6) is 0 Å². The molecule has 1 aliphatic carbocycles. The Morgan fingerprint density at radius 3 is 2.69 bits per heavy atom. The molecule has 1 heterocycles. The van der Waals surface area contributed by atoms with E-state index in [1.807, 2.05) is 12.4 Å². The summed E-state index contributed by atoms with van der Waals surface area (Å²) in [6.45, 7) is 1.01. The monoisotopic (exact) mass is 289 g/mol. The van der Waals surface area contributed by atoms with E-state index in [1.54, 1.807) is 0 Å². The number of rotatable bonds is 4. The summed E-state index contributed by atoms with van der Waals surface area (Å²) in [5.74, 6) is 1.72. The maximum atomic E-state index is 4.17. The molecule has 0 saturated heterocycles. The third-order valence-electron chi connectivity index (χ3n) is 2.15. The van der Waals surface area contributed by atoms with Gasteiger partial charge in [0.15, 0.2) is 0 Å². The lowest BCUT2D eigenvalue weighted by Gasteiger charge is -2.02. The standard InChI is InChI=1S/C9H12IN3/c10-8-5-12-9(13-6-8)11-4-3-7-1-2-7/h5-7H,1-4H2,(H,11,12,13). The third-order valence-corrected chi connectivity index (χ3v) is 2.71. The maximum Gasteiger partial charge on any atom is 0.222 e. The smallest absolute Gasteiger partial charge is 0.222 e. The first-order chi connectivity index (χ1) is 6.34. The molecule has 2 rings (SSSR count). The Morgan fingerprint density at radius 1 is 1.38 bits per heavy atom. The van der Waals surface area contributed by atoms with Gasteiger partial charge in [0.05, 0.1) is 0 Å².